The molecule has 0 amide bonds. The first-order valence-corrected chi connectivity index (χ1v) is 22.5. The largest absolute Gasteiger partial charge is 0.309 e. The van der Waals surface area contributed by atoms with Crippen LogP contribution in [0.2, 0.25) is 0 Å². The minimum absolute atomic E-state index is 0.705. The van der Waals surface area contributed by atoms with Gasteiger partial charge in [-0.3, -0.25) is 0 Å². The summed E-state index contributed by atoms with van der Waals surface area (Å²) in [5.74, 6) is 0.705. The van der Waals surface area contributed by atoms with Crippen molar-refractivity contribution in [1.29, 1.82) is 0 Å². The zero-order valence-electron chi connectivity index (χ0n) is 35.9. The predicted molar refractivity (Wildman–Crippen MR) is 275 cm³/mol. The normalized spacial score (nSPS) is 11.6. The maximum absolute atomic E-state index is 5.21. The van der Waals surface area contributed by atoms with Gasteiger partial charge in [0.05, 0.1) is 33.3 Å². The molecule has 0 atom stereocenters. The third kappa shape index (κ3) is 6.30. The molecular formula is C62H40N4. The monoisotopic (exact) mass is 840 g/mol. The molecule has 308 valence electrons. The molecule has 4 nitrogen and oxygen atoms in total. The van der Waals surface area contributed by atoms with E-state index in [9.17, 15) is 0 Å². The van der Waals surface area contributed by atoms with Gasteiger partial charge in [-0.25, -0.2) is 9.97 Å². The second-order valence-electron chi connectivity index (χ2n) is 17.0. The third-order valence-electron chi connectivity index (χ3n) is 13.2. The molecule has 4 heteroatoms. The first kappa shape index (κ1) is 37.7. The third-order valence-corrected chi connectivity index (χ3v) is 13.2. The first-order valence-electron chi connectivity index (χ1n) is 22.5. The second kappa shape index (κ2) is 15.4. The van der Waals surface area contributed by atoms with Crippen molar-refractivity contribution in [3.8, 4) is 67.4 Å². The fourth-order valence-electron chi connectivity index (χ4n) is 9.93. The van der Waals surface area contributed by atoms with Crippen LogP contribution >= 0.6 is 0 Å². The number of rotatable bonds is 7. The lowest BCUT2D eigenvalue weighted by Gasteiger charge is -2.12. The predicted octanol–water partition coefficient (Wildman–Crippen LogP) is 16.2. The zero-order chi connectivity index (χ0) is 43.6. The summed E-state index contributed by atoms with van der Waals surface area (Å²) in [4.78, 5) is 10.3. The lowest BCUT2D eigenvalue weighted by molar-refractivity contribution is 1.17. The van der Waals surface area contributed by atoms with Gasteiger partial charge in [-0.05, 0) is 112 Å². The highest BCUT2D eigenvalue weighted by Crippen LogP contribution is 2.39. The minimum Gasteiger partial charge on any atom is -0.309 e. The molecule has 66 heavy (non-hydrogen) atoms. The van der Waals surface area contributed by atoms with Crippen molar-refractivity contribution in [2.75, 3.05) is 0 Å². The standard InChI is InChI=1S/C62H40N4/c1-3-13-41(14-4-1)42-27-29-45(30-28-42)61-53-19-7-10-20-56(53)63-62(64-61)46-31-35-50(36-32-46)66-58-22-12-9-18-52(58)55-40-48(34-38-60(55)66)44-25-23-43(24-26-44)47-33-37-59-54(39-47)51-17-8-11-21-57(51)65(59)49-15-5-2-6-16-49/h1-40H. The number of benzene rings is 10. The molecule has 13 rings (SSSR count). The molecular weight excluding hydrogens is 801 g/mol. The molecule has 0 aliphatic rings. The summed E-state index contributed by atoms with van der Waals surface area (Å²) >= 11 is 0. The smallest absolute Gasteiger partial charge is 0.160 e. The fourth-order valence-corrected chi connectivity index (χ4v) is 9.93. The number of hydrogen-bond acceptors (Lipinski definition) is 2. The van der Waals surface area contributed by atoms with Gasteiger partial charge in [-0.1, -0.05) is 164 Å². The molecule has 0 N–H and O–H groups in total. The van der Waals surface area contributed by atoms with Crippen molar-refractivity contribution >= 4 is 54.5 Å². The molecule has 0 bridgehead atoms. The minimum atomic E-state index is 0.705. The van der Waals surface area contributed by atoms with Crippen LogP contribution in [0, 0.1) is 0 Å². The Hall–Kier alpha value is -8.86. The SMILES string of the molecule is c1ccc(-c2ccc(-c3nc(-c4ccc(-n5c6ccccc6c6cc(-c7ccc(-c8ccc9c(c8)c8ccccc8n9-c8ccccc8)cc7)ccc65)cc4)nc4ccccc34)cc2)cc1. The van der Waals surface area contributed by atoms with Crippen LogP contribution in [-0.4, -0.2) is 19.1 Å². The summed E-state index contributed by atoms with van der Waals surface area (Å²) in [6.45, 7) is 0. The van der Waals surface area contributed by atoms with Gasteiger partial charge in [-0.2, -0.15) is 0 Å². The summed E-state index contributed by atoms with van der Waals surface area (Å²) in [6, 6.07) is 86.9. The molecule has 0 aliphatic carbocycles. The molecule has 3 aromatic heterocycles. The first-order chi connectivity index (χ1) is 32.7. The van der Waals surface area contributed by atoms with Gasteiger partial charge >= 0.3 is 0 Å². The van der Waals surface area contributed by atoms with Crippen molar-refractivity contribution in [2.24, 2.45) is 0 Å². The Morgan fingerprint density at radius 1 is 0.242 bits per heavy atom. The van der Waals surface area contributed by atoms with E-state index in [1.807, 2.05) is 12.1 Å². The molecule has 0 unspecified atom stereocenters. The Morgan fingerprint density at radius 2 is 0.636 bits per heavy atom. The molecule has 0 aliphatic heterocycles. The van der Waals surface area contributed by atoms with Gasteiger partial charge in [0.1, 0.15) is 0 Å². The van der Waals surface area contributed by atoms with Crippen LogP contribution in [0.4, 0.5) is 0 Å². The molecule has 0 spiro atoms. The summed E-state index contributed by atoms with van der Waals surface area (Å²) in [5.41, 5.74) is 18.0. The summed E-state index contributed by atoms with van der Waals surface area (Å²) < 4.78 is 4.73. The summed E-state index contributed by atoms with van der Waals surface area (Å²) in [5, 5.41) is 5.99. The van der Waals surface area contributed by atoms with E-state index in [4.69, 9.17) is 9.97 Å². The lowest BCUT2D eigenvalue weighted by Crippen LogP contribution is -1.97. The Balaban J connectivity index is 0.827. The van der Waals surface area contributed by atoms with E-state index in [0.29, 0.717) is 5.82 Å². The van der Waals surface area contributed by atoms with E-state index >= 15 is 0 Å². The van der Waals surface area contributed by atoms with E-state index in [1.165, 1.54) is 77.2 Å². The van der Waals surface area contributed by atoms with Gasteiger partial charge in [0.2, 0.25) is 0 Å². The maximum Gasteiger partial charge on any atom is 0.160 e. The van der Waals surface area contributed by atoms with E-state index in [0.717, 1.165) is 38.9 Å². The van der Waals surface area contributed by atoms with Gasteiger partial charge in [-0.15, -0.1) is 0 Å². The number of nitrogens with zero attached hydrogens (tertiary/aromatic N) is 4. The van der Waals surface area contributed by atoms with E-state index < -0.39 is 0 Å². The van der Waals surface area contributed by atoms with Crippen LogP contribution < -0.4 is 0 Å². The molecule has 10 aromatic carbocycles. The highest BCUT2D eigenvalue weighted by Gasteiger charge is 2.17. The van der Waals surface area contributed by atoms with Crippen molar-refractivity contribution in [3.63, 3.8) is 0 Å². The van der Waals surface area contributed by atoms with E-state index in [-0.39, 0.29) is 0 Å². The highest BCUT2D eigenvalue weighted by atomic mass is 15.0. The Bertz CT molecular complexity index is 3940. The van der Waals surface area contributed by atoms with Crippen molar-refractivity contribution in [2.45, 2.75) is 0 Å². The van der Waals surface area contributed by atoms with Crippen molar-refractivity contribution in [1.82, 2.24) is 19.1 Å². The average molecular weight is 841 g/mol. The van der Waals surface area contributed by atoms with Gasteiger partial charge in [0, 0.05) is 49.4 Å². The number of aromatic nitrogens is 4. The topological polar surface area (TPSA) is 35.6 Å². The van der Waals surface area contributed by atoms with Crippen LogP contribution in [0.5, 0.6) is 0 Å². The molecule has 13 aromatic rings. The summed E-state index contributed by atoms with van der Waals surface area (Å²) in [6.07, 6.45) is 0. The number of fused-ring (bicyclic) bond motifs is 7. The van der Waals surface area contributed by atoms with Crippen LogP contribution in [0.15, 0.2) is 243 Å². The van der Waals surface area contributed by atoms with E-state index in [2.05, 4.69) is 240 Å². The van der Waals surface area contributed by atoms with Crippen LogP contribution in [0.1, 0.15) is 0 Å². The Labute approximate surface area is 382 Å². The van der Waals surface area contributed by atoms with E-state index in [1.54, 1.807) is 0 Å². The molecule has 3 heterocycles. The van der Waals surface area contributed by atoms with Gasteiger partial charge < -0.3 is 9.13 Å². The highest BCUT2D eigenvalue weighted by molar-refractivity contribution is 6.12. The number of para-hydroxylation sites is 4. The van der Waals surface area contributed by atoms with Gasteiger partial charge in [0.25, 0.3) is 0 Å². The zero-order valence-corrected chi connectivity index (χ0v) is 35.9. The Kier molecular flexibility index (Phi) is 8.81. The molecule has 0 saturated heterocycles. The fraction of sp³-hybridized carbons (Fsp3) is 0. The average Bonchev–Trinajstić information content (AvgIpc) is 3.91. The molecule has 0 fully saturated rings. The van der Waals surface area contributed by atoms with Gasteiger partial charge in [0.15, 0.2) is 5.82 Å². The quantitative estimate of drug-likeness (QED) is 0.160. The number of hydrogen-bond donors (Lipinski definition) is 0. The second-order valence-corrected chi connectivity index (χ2v) is 17.0. The van der Waals surface area contributed by atoms with Crippen molar-refractivity contribution < 1.29 is 0 Å². The van der Waals surface area contributed by atoms with Crippen LogP contribution in [-0.2, 0) is 0 Å². The van der Waals surface area contributed by atoms with Crippen LogP contribution in [0.25, 0.3) is 122 Å². The molecule has 0 radical (unpaired) electrons. The maximum atomic E-state index is 5.21. The van der Waals surface area contributed by atoms with Crippen LogP contribution in [0.3, 0.4) is 0 Å². The molecule has 0 saturated carbocycles. The summed E-state index contributed by atoms with van der Waals surface area (Å²) in [7, 11) is 0. The Morgan fingerprint density at radius 3 is 1.21 bits per heavy atom. The lowest BCUT2D eigenvalue weighted by atomic mass is 9.98. The van der Waals surface area contributed by atoms with Crippen molar-refractivity contribution in [3.05, 3.63) is 243 Å².